The Morgan fingerprint density at radius 2 is 2.24 bits per heavy atom. The van der Waals surface area contributed by atoms with Crippen molar-refractivity contribution in [2.75, 3.05) is 13.1 Å². The van der Waals surface area contributed by atoms with Crippen molar-refractivity contribution in [1.29, 1.82) is 0 Å². The molecule has 2 heteroatoms. The van der Waals surface area contributed by atoms with E-state index in [1.807, 2.05) is 0 Å². The van der Waals surface area contributed by atoms with Gasteiger partial charge < -0.3 is 10.6 Å². The molecule has 0 radical (unpaired) electrons. The second-order valence-electron chi connectivity index (χ2n) is 5.55. The normalized spacial score (nSPS) is 19.4. The van der Waals surface area contributed by atoms with Gasteiger partial charge in [0.25, 0.3) is 0 Å². The van der Waals surface area contributed by atoms with E-state index in [-0.39, 0.29) is 0 Å². The third-order valence-electron chi connectivity index (χ3n) is 3.48. The number of rotatable bonds is 4. The molecule has 0 saturated carbocycles. The highest BCUT2D eigenvalue weighted by Gasteiger charge is 2.18. The van der Waals surface area contributed by atoms with Gasteiger partial charge in [0.05, 0.1) is 0 Å². The topological polar surface area (TPSA) is 24.1 Å². The van der Waals surface area contributed by atoms with E-state index in [0.29, 0.717) is 6.04 Å². The maximum absolute atomic E-state index is 3.63. The molecule has 0 bridgehead atoms. The van der Waals surface area contributed by atoms with Crippen molar-refractivity contribution in [2.24, 2.45) is 5.92 Å². The van der Waals surface area contributed by atoms with Gasteiger partial charge in [-0.2, -0.15) is 0 Å². The fourth-order valence-corrected chi connectivity index (χ4v) is 2.48. The predicted octanol–water partition coefficient (Wildman–Crippen LogP) is 2.25. The van der Waals surface area contributed by atoms with E-state index in [4.69, 9.17) is 0 Å². The molecule has 0 amide bonds. The molecule has 0 aromatic heterocycles. The Hall–Kier alpha value is -0.860. The van der Waals surface area contributed by atoms with Gasteiger partial charge in [-0.1, -0.05) is 32.0 Å². The molecule has 2 nitrogen and oxygen atoms in total. The summed E-state index contributed by atoms with van der Waals surface area (Å²) in [5, 5.41) is 7.16. The lowest BCUT2D eigenvalue weighted by molar-refractivity contribution is 0.431. The van der Waals surface area contributed by atoms with Crippen LogP contribution in [0.5, 0.6) is 0 Å². The first-order chi connectivity index (χ1) is 8.16. The van der Waals surface area contributed by atoms with Crippen LogP contribution in [0.2, 0.25) is 0 Å². The van der Waals surface area contributed by atoms with E-state index in [1.165, 1.54) is 16.7 Å². The maximum Gasteiger partial charge on any atom is 0.0236 e. The Labute approximate surface area is 105 Å². The summed E-state index contributed by atoms with van der Waals surface area (Å²) in [6.45, 7) is 9.91. The molecule has 0 saturated heterocycles. The molecule has 94 valence electrons. The minimum Gasteiger partial charge on any atom is -0.315 e. The first-order valence-electron chi connectivity index (χ1n) is 6.68. The third-order valence-corrected chi connectivity index (χ3v) is 3.48. The molecule has 0 spiro atoms. The highest BCUT2D eigenvalue weighted by Crippen LogP contribution is 2.19. The lowest BCUT2D eigenvalue weighted by atomic mass is 9.92. The predicted molar refractivity (Wildman–Crippen MR) is 73.2 cm³/mol. The van der Waals surface area contributed by atoms with Crippen molar-refractivity contribution in [3.8, 4) is 0 Å². The molecule has 1 aromatic carbocycles. The SMILES string of the molecule is Cc1cccc2c1CNC(CNCC(C)C)C2. The number of fused-ring (bicyclic) bond motifs is 1. The lowest BCUT2D eigenvalue weighted by Crippen LogP contribution is -2.43. The second-order valence-corrected chi connectivity index (χ2v) is 5.55. The molecule has 1 aromatic rings. The van der Waals surface area contributed by atoms with E-state index < -0.39 is 0 Å². The fraction of sp³-hybridized carbons (Fsp3) is 0.600. The molecule has 17 heavy (non-hydrogen) atoms. The van der Waals surface area contributed by atoms with Crippen LogP contribution in [-0.4, -0.2) is 19.1 Å². The summed E-state index contributed by atoms with van der Waals surface area (Å²) in [4.78, 5) is 0. The first kappa shape index (κ1) is 12.6. The van der Waals surface area contributed by atoms with Crippen LogP contribution in [0.4, 0.5) is 0 Å². The number of hydrogen-bond acceptors (Lipinski definition) is 2. The quantitative estimate of drug-likeness (QED) is 0.832. The standard InChI is InChI=1S/C15H24N2/c1-11(2)8-16-9-14-7-13-6-4-5-12(3)15(13)10-17-14/h4-6,11,14,16-17H,7-10H2,1-3H3. The highest BCUT2D eigenvalue weighted by molar-refractivity contribution is 5.36. The zero-order valence-corrected chi connectivity index (χ0v) is 11.2. The summed E-state index contributed by atoms with van der Waals surface area (Å²) in [6.07, 6.45) is 1.15. The van der Waals surface area contributed by atoms with Crippen LogP contribution in [0.15, 0.2) is 18.2 Å². The molecule has 2 rings (SSSR count). The van der Waals surface area contributed by atoms with Gasteiger partial charge in [0.2, 0.25) is 0 Å². The molecule has 1 unspecified atom stereocenters. The van der Waals surface area contributed by atoms with Crippen molar-refractivity contribution in [3.63, 3.8) is 0 Å². The Morgan fingerprint density at radius 1 is 1.41 bits per heavy atom. The Kier molecular flexibility index (Phi) is 4.19. The van der Waals surface area contributed by atoms with Gasteiger partial charge in [-0.3, -0.25) is 0 Å². The summed E-state index contributed by atoms with van der Waals surface area (Å²) in [5.41, 5.74) is 4.45. The van der Waals surface area contributed by atoms with Crippen LogP contribution in [0.1, 0.15) is 30.5 Å². The minimum absolute atomic E-state index is 0.586. The molecule has 1 aliphatic rings. The number of nitrogens with one attached hydrogen (secondary N) is 2. The van der Waals surface area contributed by atoms with Crippen molar-refractivity contribution < 1.29 is 0 Å². The van der Waals surface area contributed by atoms with Crippen LogP contribution < -0.4 is 10.6 Å². The minimum atomic E-state index is 0.586. The average Bonchev–Trinajstić information content (AvgIpc) is 2.29. The van der Waals surface area contributed by atoms with Crippen LogP contribution in [0, 0.1) is 12.8 Å². The number of benzene rings is 1. The van der Waals surface area contributed by atoms with E-state index in [9.17, 15) is 0 Å². The monoisotopic (exact) mass is 232 g/mol. The van der Waals surface area contributed by atoms with E-state index in [2.05, 4.69) is 49.6 Å². The van der Waals surface area contributed by atoms with Crippen LogP contribution in [-0.2, 0) is 13.0 Å². The number of hydrogen-bond donors (Lipinski definition) is 2. The van der Waals surface area contributed by atoms with Crippen LogP contribution in [0.3, 0.4) is 0 Å². The molecule has 0 fully saturated rings. The number of aryl methyl sites for hydroxylation is 1. The Bertz CT molecular complexity index is 371. The smallest absolute Gasteiger partial charge is 0.0236 e. The molecule has 1 heterocycles. The molecule has 1 aliphatic heterocycles. The van der Waals surface area contributed by atoms with Gasteiger partial charge >= 0.3 is 0 Å². The second kappa shape index (κ2) is 5.65. The van der Waals surface area contributed by atoms with Crippen molar-refractivity contribution in [1.82, 2.24) is 10.6 Å². The molecule has 0 aliphatic carbocycles. The summed E-state index contributed by atoms with van der Waals surface area (Å²) in [6, 6.07) is 7.25. The van der Waals surface area contributed by atoms with Gasteiger partial charge in [0.1, 0.15) is 0 Å². The summed E-state index contributed by atoms with van der Waals surface area (Å²) in [5.74, 6) is 0.730. The molecule has 1 atom stereocenters. The summed E-state index contributed by atoms with van der Waals surface area (Å²) in [7, 11) is 0. The van der Waals surface area contributed by atoms with Crippen molar-refractivity contribution in [2.45, 2.75) is 39.8 Å². The zero-order valence-electron chi connectivity index (χ0n) is 11.2. The third kappa shape index (κ3) is 3.30. The zero-order chi connectivity index (χ0) is 12.3. The average molecular weight is 232 g/mol. The Balaban J connectivity index is 1.90. The van der Waals surface area contributed by atoms with E-state index in [0.717, 1.165) is 32.0 Å². The van der Waals surface area contributed by atoms with Crippen LogP contribution in [0.25, 0.3) is 0 Å². The van der Waals surface area contributed by atoms with Crippen LogP contribution >= 0.6 is 0 Å². The maximum atomic E-state index is 3.63. The van der Waals surface area contributed by atoms with Gasteiger partial charge in [0, 0.05) is 19.1 Å². The van der Waals surface area contributed by atoms with E-state index >= 15 is 0 Å². The van der Waals surface area contributed by atoms with Crippen molar-refractivity contribution in [3.05, 3.63) is 34.9 Å². The highest BCUT2D eigenvalue weighted by atomic mass is 15.0. The first-order valence-corrected chi connectivity index (χ1v) is 6.68. The molecule has 2 N–H and O–H groups in total. The van der Waals surface area contributed by atoms with Gasteiger partial charge in [-0.25, -0.2) is 0 Å². The van der Waals surface area contributed by atoms with E-state index in [1.54, 1.807) is 0 Å². The Morgan fingerprint density at radius 3 is 3.00 bits per heavy atom. The molecular weight excluding hydrogens is 208 g/mol. The van der Waals surface area contributed by atoms with Crippen molar-refractivity contribution >= 4 is 0 Å². The van der Waals surface area contributed by atoms with Gasteiger partial charge in [-0.15, -0.1) is 0 Å². The van der Waals surface area contributed by atoms with Gasteiger partial charge in [0.15, 0.2) is 0 Å². The summed E-state index contributed by atoms with van der Waals surface area (Å²) >= 11 is 0. The largest absolute Gasteiger partial charge is 0.315 e. The van der Waals surface area contributed by atoms with Gasteiger partial charge in [-0.05, 0) is 42.5 Å². The lowest BCUT2D eigenvalue weighted by Gasteiger charge is -2.27. The summed E-state index contributed by atoms with van der Waals surface area (Å²) < 4.78 is 0. The fourth-order valence-electron chi connectivity index (χ4n) is 2.48. The molecular formula is C15H24N2.